The first-order chi connectivity index (χ1) is 10.2. The molecule has 106 valence electrons. The first-order valence-corrected chi connectivity index (χ1v) is 7.18. The van der Waals surface area contributed by atoms with Gasteiger partial charge in [0.1, 0.15) is 5.84 Å². The molecule has 0 atom stereocenters. The average molecular weight is 278 g/mol. The van der Waals surface area contributed by atoms with E-state index in [0.717, 1.165) is 23.4 Å². The van der Waals surface area contributed by atoms with Gasteiger partial charge >= 0.3 is 0 Å². The van der Waals surface area contributed by atoms with Crippen LogP contribution < -0.4 is 0 Å². The molecule has 0 aliphatic carbocycles. The van der Waals surface area contributed by atoms with Gasteiger partial charge in [-0.2, -0.15) is 0 Å². The SMILES string of the molecule is CCC1=NC(c2ccccc2)(c2ccccc2)C(=O)N1C. The number of rotatable bonds is 3. The summed E-state index contributed by atoms with van der Waals surface area (Å²) in [6, 6.07) is 19.6. The molecule has 0 spiro atoms. The van der Waals surface area contributed by atoms with Crippen molar-refractivity contribution in [3.8, 4) is 0 Å². The molecule has 21 heavy (non-hydrogen) atoms. The molecule has 0 saturated heterocycles. The smallest absolute Gasteiger partial charge is 0.264 e. The fourth-order valence-electron chi connectivity index (χ4n) is 2.89. The minimum Gasteiger partial charge on any atom is -0.301 e. The zero-order chi connectivity index (χ0) is 14.9. The van der Waals surface area contributed by atoms with E-state index in [4.69, 9.17) is 4.99 Å². The number of likely N-dealkylation sites (N-methyl/N-ethyl adjacent to an activating group) is 1. The van der Waals surface area contributed by atoms with E-state index in [1.165, 1.54) is 0 Å². The minimum absolute atomic E-state index is 0.0109. The molecule has 2 aromatic rings. The predicted octanol–water partition coefficient (Wildman–Crippen LogP) is 3.21. The molecule has 0 saturated carbocycles. The van der Waals surface area contributed by atoms with Crippen LogP contribution in [0.1, 0.15) is 24.5 Å². The summed E-state index contributed by atoms with van der Waals surface area (Å²) in [6.45, 7) is 2.02. The van der Waals surface area contributed by atoms with E-state index in [1.54, 1.807) is 11.9 Å². The van der Waals surface area contributed by atoms with E-state index in [9.17, 15) is 4.79 Å². The van der Waals surface area contributed by atoms with Crippen molar-refractivity contribution in [3.05, 3.63) is 71.8 Å². The molecule has 3 rings (SSSR count). The summed E-state index contributed by atoms with van der Waals surface area (Å²) in [5, 5.41) is 0. The van der Waals surface area contributed by atoms with Crippen molar-refractivity contribution in [1.82, 2.24) is 4.90 Å². The van der Waals surface area contributed by atoms with E-state index < -0.39 is 5.54 Å². The number of carbonyl (C=O) groups excluding carboxylic acids is 1. The third-order valence-electron chi connectivity index (χ3n) is 4.00. The Morgan fingerprint density at radius 1 is 0.952 bits per heavy atom. The van der Waals surface area contributed by atoms with Crippen LogP contribution in [0, 0.1) is 0 Å². The van der Waals surface area contributed by atoms with Gasteiger partial charge in [-0.15, -0.1) is 0 Å². The van der Waals surface area contributed by atoms with E-state index in [1.807, 2.05) is 67.6 Å². The second-order valence-electron chi connectivity index (χ2n) is 5.19. The molecule has 1 amide bonds. The highest BCUT2D eigenvalue weighted by Gasteiger charge is 2.49. The molecule has 2 aromatic carbocycles. The quantitative estimate of drug-likeness (QED) is 0.848. The van der Waals surface area contributed by atoms with Gasteiger partial charge < -0.3 is 4.90 Å². The van der Waals surface area contributed by atoms with Crippen LogP contribution in [0.2, 0.25) is 0 Å². The van der Waals surface area contributed by atoms with Crippen LogP contribution in [0.5, 0.6) is 0 Å². The van der Waals surface area contributed by atoms with Crippen LogP contribution in [0.3, 0.4) is 0 Å². The molecule has 1 heterocycles. The summed E-state index contributed by atoms with van der Waals surface area (Å²) < 4.78 is 0. The Morgan fingerprint density at radius 3 is 1.81 bits per heavy atom. The molecule has 3 nitrogen and oxygen atoms in total. The highest BCUT2D eigenvalue weighted by Crippen LogP contribution is 2.39. The van der Waals surface area contributed by atoms with Crippen molar-refractivity contribution in [2.45, 2.75) is 18.9 Å². The summed E-state index contributed by atoms with van der Waals surface area (Å²) >= 11 is 0. The van der Waals surface area contributed by atoms with Crippen LogP contribution in [-0.4, -0.2) is 23.7 Å². The number of hydrogen-bond donors (Lipinski definition) is 0. The highest BCUT2D eigenvalue weighted by atomic mass is 16.2. The fraction of sp³-hybridized carbons (Fsp3) is 0.222. The maximum atomic E-state index is 13.0. The predicted molar refractivity (Wildman–Crippen MR) is 84.2 cm³/mol. The third-order valence-corrected chi connectivity index (χ3v) is 4.00. The van der Waals surface area contributed by atoms with E-state index in [-0.39, 0.29) is 5.91 Å². The summed E-state index contributed by atoms with van der Waals surface area (Å²) in [6.07, 6.45) is 0.740. The van der Waals surface area contributed by atoms with E-state index in [0.29, 0.717) is 0 Å². The molecule has 0 unspecified atom stereocenters. The maximum absolute atomic E-state index is 13.0. The van der Waals surface area contributed by atoms with Crippen molar-refractivity contribution in [3.63, 3.8) is 0 Å². The zero-order valence-corrected chi connectivity index (χ0v) is 12.3. The zero-order valence-electron chi connectivity index (χ0n) is 12.3. The molecule has 1 aliphatic rings. The molecule has 0 bridgehead atoms. The van der Waals surface area contributed by atoms with Crippen molar-refractivity contribution < 1.29 is 4.79 Å². The van der Waals surface area contributed by atoms with Crippen LogP contribution in [-0.2, 0) is 10.3 Å². The largest absolute Gasteiger partial charge is 0.301 e. The topological polar surface area (TPSA) is 32.7 Å². The summed E-state index contributed by atoms with van der Waals surface area (Å²) in [5.41, 5.74) is 0.885. The first kappa shape index (κ1) is 13.6. The van der Waals surface area contributed by atoms with Gasteiger partial charge in [-0.25, -0.2) is 4.99 Å². The Hall–Kier alpha value is -2.42. The van der Waals surface area contributed by atoms with Gasteiger partial charge in [-0.1, -0.05) is 67.6 Å². The normalized spacial score (nSPS) is 17.0. The van der Waals surface area contributed by atoms with Crippen molar-refractivity contribution in [1.29, 1.82) is 0 Å². The number of amidine groups is 1. The fourth-order valence-corrected chi connectivity index (χ4v) is 2.89. The second-order valence-corrected chi connectivity index (χ2v) is 5.19. The Bertz CT molecular complexity index is 637. The number of hydrogen-bond acceptors (Lipinski definition) is 2. The van der Waals surface area contributed by atoms with Gasteiger partial charge in [0, 0.05) is 13.5 Å². The number of carbonyl (C=O) groups is 1. The van der Waals surface area contributed by atoms with Gasteiger partial charge in [-0.05, 0) is 11.1 Å². The summed E-state index contributed by atoms with van der Waals surface area (Å²) in [7, 11) is 1.80. The standard InChI is InChI=1S/C18H18N2O/c1-3-16-19-18(17(21)20(16)2,14-10-6-4-7-11-14)15-12-8-5-9-13-15/h4-13H,3H2,1-2H3. The number of aliphatic imine (C=N–C) groups is 1. The minimum atomic E-state index is -0.942. The molecular formula is C18H18N2O. The average Bonchev–Trinajstić information content (AvgIpc) is 2.82. The molecule has 0 aromatic heterocycles. The van der Waals surface area contributed by atoms with E-state index in [2.05, 4.69) is 0 Å². The Morgan fingerprint density at radius 2 is 1.43 bits per heavy atom. The molecule has 0 N–H and O–H groups in total. The molecule has 0 fully saturated rings. The van der Waals surface area contributed by atoms with Crippen LogP contribution in [0.25, 0.3) is 0 Å². The first-order valence-electron chi connectivity index (χ1n) is 7.18. The lowest BCUT2D eigenvalue weighted by molar-refractivity contribution is -0.129. The molecule has 0 radical (unpaired) electrons. The molecule has 1 aliphatic heterocycles. The third kappa shape index (κ3) is 1.97. The summed E-state index contributed by atoms with van der Waals surface area (Å²) in [4.78, 5) is 19.5. The number of nitrogens with zero attached hydrogens (tertiary/aromatic N) is 2. The van der Waals surface area contributed by atoms with E-state index >= 15 is 0 Å². The van der Waals surface area contributed by atoms with Crippen molar-refractivity contribution in [2.24, 2.45) is 4.99 Å². The molecule has 3 heteroatoms. The lowest BCUT2D eigenvalue weighted by Gasteiger charge is -2.26. The van der Waals surface area contributed by atoms with Gasteiger partial charge in [0.25, 0.3) is 5.91 Å². The highest BCUT2D eigenvalue weighted by molar-refractivity contribution is 6.10. The van der Waals surface area contributed by atoms with Crippen molar-refractivity contribution >= 4 is 11.7 Å². The molecular weight excluding hydrogens is 260 g/mol. The Labute approximate surface area is 124 Å². The lowest BCUT2D eigenvalue weighted by Crippen LogP contribution is -2.39. The van der Waals surface area contributed by atoms with Gasteiger partial charge in [0.05, 0.1) is 0 Å². The van der Waals surface area contributed by atoms with Gasteiger partial charge in [-0.3, -0.25) is 4.79 Å². The lowest BCUT2D eigenvalue weighted by atomic mass is 9.83. The van der Waals surface area contributed by atoms with Crippen LogP contribution in [0.4, 0.5) is 0 Å². The second kappa shape index (κ2) is 5.17. The van der Waals surface area contributed by atoms with Crippen molar-refractivity contribution in [2.75, 3.05) is 7.05 Å². The maximum Gasteiger partial charge on any atom is 0.264 e. The number of benzene rings is 2. The Balaban J connectivity index is 2.28. The van der Waals surface area contributed by atoms with Crippen LogP contribution >= 0.6 is 0 Å². The number of amides is 1. The monoisotopic (exact) mass is 278 g/mol. The van der Waals surface area contributed by atoms with Crippen LogP contribution in [0.15, 0.2) is 65.7 Å². The Kier molecular flexibility index (Phi) is 3.34. The van der Waals surface area contributed by atoms with Gasteiger partial charge in [0.15, 0.2) is 5.54 Å². The summed E-state index contributed by atoms with van der Waals surface area (Å²) in [5.74, 6) is 0.837. The van der Waals surface area contributed by atoms with Gasteiger partial charge in [0.2, 0.25) is 0 Å².